The van der Waals surface area contributed by atoms with Gasteiger partial charge in [-0.2, -0.15) is 0 Å². The third-order valence-corrected chi connectivity index (χ3v) is 3.23. The minimum absolute atomic E-state index is 0.147. The van der Waals surface area contributed by atoms with Gasteiger partial charge in [0.2, 0.25) is 5.91 Å². The lowest BCUT2D eigenvalue weighted by Crippen LogP contribution is -2.53. The number of ether oxygens (including phenoxy) is 1. The number of hydrogen-bond acceptors (Lipinski definition) is 3. The molecule has 2 rings (SSSR count). The number of methoxy groups -OCH3 is 1. The Bertz CT molecular complexity index is 396. The Kier molecular flexibility index (Phi) is 4.20. The van der Waals surface area contributed by atoms with Crippen molar-refractivity contribution in [3.63, 3.8) is 0 Å². The Labute approximate surface area is 107 Å². The number of amides is 1. The molecule has 0 unspecified atom stereocenters. The molecule has 1 fully saturated rings. The van der Waals surface area contributed by atoms with Crippen LogP contribution in [-0.2, 0) is 11.2 Å². The van der Waals surface area contributed by atoms with Crippen LogP contribution in [0.4, 0.5) is 0 Å². The highest BCUT2D eigenvalue weighted by Gasteiger charge is 2.27. The number of hydrogen-bond donors (Lipinski definition) is 1. The first-order valence-electron chi connectivity index (χ1n) is 6.28. The summed E-state index contributed by atoms with van der Waals surface area (Å²) in [5.41, 5.74) is 1.22. The fourth-order valence-corrected chi connectivity index (χ4v) is 2.05. The van der Waals surface area contributed by atoms with Crippen molar-refractivity contribution in [1.29, 1.82) is 0 Å². The predicted molar refractivity (Wildman–Crippen MR) is 68.5 cm³/mol. The fraction of sp³-hybridized carbons (Fsp3) is 0.500. The van der Waals surface area contributed by atoms with Gasteiger partial charge in [-0.25, -0.2) is 0 Å². The van der Waals surface area contributed by atoms with Crippen LogP contribution in [0.15, 0.2) is 24.3 Å². The normalized spacial score (nSPS) is 15.3. The molecule has 0 bridgehead atoms. The van der Waals surface area contributed by atoms with Crippen LogP contribution in [0.5, 0.6) is 5.75 Å². The molecule has 0 atom stereocenters. The van der Waals surface area contributed by atoms with Gasteiger partial charge < -0.3 is 14.7 Å². The molecule has 0 saturated carbocycles. The number of nitrogens with zero attached hydrogens (tertiary/aromatic N) is 1. The van der Waals surface area contributed by atoms with Crippen LogP contribution in [0.25, 0.3) is 0 Å². The maximum atomic E-state index is 11.7. The summed E-state index contributed by atoms with van der Waals surface area (Å²) in [6, 6.07) is 7.92. The number of carbonyl (C=O) groups excluding carboxylic acids is 1. The van der Waals surface area contributed by atoms with Crippen molar-refractivity contribution in [1.82, 2.24) is 4.90 Å². The zero-order valence-electron chi connectivity index (χ0n) is 10.6. The van der Waals surface area contributed by atoms with Crippen molar-refractivity contribution in [3.05, 3.63) is 29.8 Å². The van der Waals surface area contributed by atoms with Gasteiger partial charge in [-0.1, -0.05) is 12.1 Å². The number of likely N-dealkylation sites (tertiary alicyclic amines) is 1. The molecule has 1 saturated heterocycles. The summed E-state index contributed by atoms with van der Waals surface area (Å²) in [5, 5.41) is 9.11. The van der Waals surface area contributed by atoms with E-state index in [1.54, 1.807) is 12.0 Å². The first kappa shape index (κ1) is 12.9. The van der Waals surface area contributed by atoms with E-state index in [2.05, 4.69) is 0 Å². The molecule has 18 heavy (non-hydrogen) atoms. The molecule has 1 amide bonds. The lowest BCUT2D eigenvalue weighted by atomic mass is 10.1. The van der Waals surface area contributed by atoms with Gasteiger partial charge in [0.1, 0.15) is 5.75 Å². The number of carbonyl (C=O) groups is 1. The molecule has 1 aromatic carbocycles. The summed E-state index contributed by atoms with van der Waals surface area (Å²) in [7, 11) is 1.65. The van der Waals surface area contributed by atoms with Crippen molar-refractivity contribution in [2.24, 2.45) is 0 Å². The lowest BCUT2D eigenvalue weighted by Gasteiger charge is -2.35. The third-order valence-electron chi connectivity index (χ3n) is 3.23. The molecule has 1 aliphatic heterocycles. The van der Waals surface area contributed by atoms with Gasteiger partial charge in [0.25, 0.3) is 0 Å². The van der Waals surface area contributed by atoms with Gasteiger partial charge in [0.05, 0.1) is 13.2 Å². The molecule has 4 heteroatoms. The second-order valence-corrected chi connectivity index (χ2v) is 4.65. The number of rotatable bonds is 5. The van der Waals surface area contributed by atoms with E-state index in [0.29, 0.717) is 19.5 Å². The largest absolute Gasteiger partial charge is 0.497 e. The molecule has 98 valence electrons. The summed E-state index contributed by atoms with van der Waals surface area (Å²) in [4.78, 5) is 13.4. The highest BCUT2D eigenvalue weighted by Crippen LogP contribution is 2.15. The quantitative estimate of drug-likeness (QED) is 0.853. The molecular formula is C14H19NO3. The van der Waals surface area contributed by atoms with Gasteiger partial charge in [0, 0.05) is 19.5 Å². The molecule has 0 aromatic heterocycles. The predicted octanol–water partition coefficient (Wildman–Crippen LogP) is 1.22. The molecule has 4 nitrogen and oxygen atoms in total. The van der Waals surface area contributed by atoms with E-state index in [9.17, 15) is 4.79 Å². The smallest absolute Gasteiger partial charge is 0.222 e. The SMILES string of the molecule is COc1ccc(CCCC(=O)N2CC(O)C2)cc1. The van der Waals surface area contributed by atoms with E-state index in [-0.39, 0.29) is 12.0 Å². The molecule has 0 aliphatic carbocycles. The van der Waals surface area contributed by atoms with E-state index in [1.165, 1.54) is 5.56 Å². The zero-order valence-corrected chi connectivity index (χ0v) is 10.6. The maximum Gasteiger partial charge on any atom is 0.222 e. The minimum atomic E-state index is -0.310. The van der Waals surface area contributed by atoms with Crippen LogP contribution in [0.2, 0.25) is 0 Å². The second kappa shape index (κ2) is 5.87. The number of aryl methyl sites for hydroxylation is 1. The monoisotopic (exact) mass is 249 g/mol. The van der Waals surface area contributed by atoms with Gasteiger partial charge in [-0.3, -0.25) is 4.79 Å². The first-order valence-corrected chi connectivity index (χ1v) is 6.28. The van der Waals surface area contributed by atoms with Crippen LogP contribution >= 0.6 is 0 Å². The van der Waals surface area contributed by atoms with Crippen molar-refractivity contribution in [2.45, 2.75) is 25.4 Å². The third kappa shape index (κ3) is 3.23. The fourth-order valence-electron chi connectivity index (χ4n) is 2.05. The first-order chi connectivity index (χ1) is 8.69. The van der Waals surface area contributed by atoms with E-state index in [0.717, 1.165) is 18.6 Å². The van der Waals surface area contributed by atoms with Crippen LogP contribution in [0.1, 0.15) is 18.4 Å². The van der Waals surface area contributed by atoms with Crippen LogP contribution in [0, 0.1) is 0 Å². The van der Waals surface area contributed by atoms with Gasteiger partial charge in [-0.05, 0) is 30.5 Å². The van der Waals surface area contributed by atoms with E-state index >= 15 is 0 Å². The van der Waals surface area contributed by atoms with Gasteiger partial charge in [-0.15, -0.1) is 0 Å². The Hall–Kier alpha value is -1.55. The van der Waals surface area contributed by atoms with E-state index in [4.69, 9.17) is 9.84 Å². The number of benzene rings is 1. The molecule has 0 radical (unpaired) electrons. The summed E-state index contributed by atoms with van der Waals surface area (Å²) in [6.45, 7) is 1.00. The van der Waals surface area contributed by atoms with Crippen molar-refractivity contribution < 1.29 is 14.6 Å². The molecule has 1 N–H and O–H groups in total. The summed E-state index contributed by atoms with van der Waals surface area (Å²) < 4.78 is 5.09. The standard InChI is InChI=1S/C14H19NO3/c1-18-13-7-5-11(6-8-13)3-2-4-14(17)15-9-12(16)10-15/h5-8,12,16H,2-4,9-10H2,1H3. The Morgan fingerprint density at radius 1 is 1.39 bits per heavy atom. The highest BCUT2D eigenvalue weighted by atomic mass is 16.5. The Balaban J connectivity index is 1.69. The number of aliphatic hydroxyl groups is 1. The van der Waals surface area contributed by atoms with Crippen molar-refractivity contribution in [3.8, 4) is 5.75 Å². The number of β-amino-alcohol motifs (C(OH)–C–C–N with tert-alkyl or cyclic N) is 1. The Morgan fingerprint density at radius 3 is 2.61 bits per heavy atom. The molecule has 0 spiro atoms. The van der Waals surface area contributed by atoms with Crippen LogP contribution < -0.4 is 4.74 Å². The minimum Gasteiger partial charge on any atom is -0.497 e. The van der Waals surface area contributed by atoms with Gasteiger partial charge in [0.15, 0.2) is 0 Å². The summed E-state index contributed by atoms with van der Waals surface area (Å²) in [5.74, 6) is 0.998. The van der Waals surface area contributed by atoms with Gasteiger partial charge >= 0.3 is 0 Å². The second-order valence-electron chi connectivity index (χ2n) is 4.65. The zero-order chi connectivity index (χ0) is 13.0. The summed E-state index contributed by atoms with van der Waals surface area (Å²) >= 11 is 0. The maximum absolute atomic E-state index is 11.7. The molecular weight excluding hydrogens is 230 g/mol. The average Bonchev–Trinajstić information content (AvgIpc) is 2.35. The molecule has 1 aromatic rings. The Morgan fingerprint density at radius 2 is 2.06 bits per heavy atom. The molecule has 1 aliphatic rings. The average molecular weight is 249 g/mol. The summed E-state index contributed by atoms with van der Waals surface area (Å²) in [6.07, 6.45) is 1.98. The number of aliphatic hydroxyl groups excluding tert-OH is 1. The highest BCUT2D eigenvalue weighted by molar-refractivity contribution is 5.77. The lowest BCUT2D eigenvalue weighted by molar-refractivity contribution is -0.141. The van der Waals surface area contributed by atoms with E-state index in [1.807, 2.05) is 24.3 Å². The van der Waals surface area contributed by atoms with Crippen molar-refractivity contribution in [2.75, 3.05) is 20.2 Å². The van der Waals surface area contributed by atoms with Crippen LogP contribution in [-0.4, -0.2) is 42.2 Å². The topological polar surface area (TPSA) is 49.8 Å². The molecule has 1 heterocycles. The van der Waals surface area contributed by atoms with E-state index < -0.39 is 0 Å². The van der Waals surface area contributed by atoms with Crippen LogP contribution in [0.3, 0.4) is 0 Å². The van der Waals surface area contributed by atoms with Crippen molar-refractivity contribution >= 4 is 5.91 Å².